The van der Waals surface area contributed by atoms with Crippen molar-refractivity contribution in [1.82, 2.24) is 9.80 Å². The molecule has 1 aliphatic rings. The van der Waals surface area contributed by atoms with Crippen LogP contribution < -0.4 is 14.8 Å². The van der Waals surface area contributed by atoms with Gasteiger partial charge in [0.2, 0.25) is 5.91 Å². The highest BCUT2D eigenvalue weighted by Crippen LogP contribution is 2.23. The van der Waals surface area contributed by atoms with E-state index in [1.165, 1.54) is 6.08 Å². The van der Waals surface area contributed by atoms with Crippen LogP contribution in [0.2, 0.25) is 5.02 Å². The number of carbonyl (C=O) groups is 2. The van der Waals surface area contributed by atoms with E-state index in [0.29, 0.717) is 54.8 Å². The Balaban J connectivity index is 1.57. The van der Waals surface area contributed by atoms with Crippen LogP contribution in [0.5, 0.6) is 11.5 Å². The first-order chi connectivity index (χ1) is 15.0. The highest BCUT2D eigenvalue weighted by atomic mass is 35.5. The maximum atomic E-state index is 12.7. The molecule has 1 fully saturated rings. The standard InChI is InChI=1S/C23H26ClN3O4/c1-30-20-14-17(15-21(16-20)31-2)4-9-22(28)26-10-3-11-27(13-12-26)23(29)25-19-7-5-18(24)6-8-19/h4-9,14-16H,3,10-13H2,1-2H3,(H,25,29)/b9-4+. The van der Waals surface area contributed by atoms with E-state index in [1.807, 2.05) is 12.1 Å². The van der Waals surface area contributed by atoms with Gasteiger partial charge in [0.1, 0.15) is 11.5 Å². The number of hydrogen-bond acceptors (Lipinski definition) is 4. The van der Waals surface area contributed by atoms with Crippen molar-refractivity contribution in [1.29, 1.82) is 0 Å². The first kappa shape index (κ1) is 22.5. The fraction of sp³-hybridized carbons (Fsp3) is 0.304. The molecule has 8 heteroatoms. The van der Waals surface area contributed by atoms with Crippen molar-refractivity contribution >= 4 is 35.3 Å². The predicted molar refractivity (Wildman–Crippen MR) is 122 cm³/mol. The minimum atomic E-state index is -0.185. The van der Waals surface area contributed by atoms with E-state index < -0.39 is 0 Å². The zero-order valence-electron chi connectivity index (χ0n) is 17.6. The molecule has 0 atom stereocenters. The number of benzene rings is 2. The molecule has 1 heterocycles. The van der Waals surface area contributed by atoms with Gasteiger partial charge in [-0.1, -0.05) is 11.6 Å². The lowest BCUT2D eigenvalue weighted by Crippen LogP contribution is -2.39. The lowest BCUT2D eigenvalue weighted by atomic mass is 10.2. The highest BCUT2D eigenvalue weighted by Gasteiger charge is 2.21. The molecule has 31 heavy (non-hydrogen) atoms. The molecule has 1 saturated heterocycles. The monoisotopic (exact) mass is 443 g/mol. The minimum absolute atomic E-state index is 0.0956. The van der Waals surface area contributed by atoms with Crippen LogP contribution in [-0.4, -0.2) is 62.1 Å². The van der Waals surface area contributed by atoms with E-state index in [-0.39, 0.29) is 11.9 Å². The third-order valence-electron chi connectivity index (χ3n) is 4.98. The van der Waals surface area contributed by atoms with Crippen molar-refractivity contribution in [3.63, 3.8) is 0 Å². The second-order valence-electron chi connectivity index (χ2n) is 7.08. The molecule has 2 aromatic carbocycles. The van der Waals surface area contributed by atoms with E-state index in [1.54, 1.807) is 60.4 Å². The lowest BCUT2D eigenvalue weighted by molar-refractivity contribution is -0.125. The Bertz CT molecular complexity index is 924. The Morgan fingerprint density at radius 3 is 2.19 bits per heavy atom. The molecule has 0 aromatic heterocycles. The van der Waals surface area contributed by atoms with E-state index in [9.17, 15) is 9.59 Å². The average Bonchev–Trinajstić information content (AvgIpc) is 3.05. The number of urea groups is 1. The number of hydrogen-bond donors (Lipinski definition) is 1. The van der Waals surface area contributed by atoms with Crippen molar-refractivity contribution in [2.24, 2.45) is 0 Å². The molecule has 0 saturated carbocycles. The Kier molecular flexibility index (Phi) is 7.78. The van der Waals surface area contributed by atoms with Crippen LogP contribution in [0.25, 0.3) is 6.08 Å². The molecule has 1 aliphatic heterocycles. The smallest absolute Gasteiger partial charge is 0.321 e. The van der Waals surface area contributed by atoms with Crippen molar-refractivity contribution < 1.29 is 19.1 Å². The average molecular weight is 444 g/mol. The number of methoxy groups -OCH3 is 2. The molecule has 7 nitrogen and oxygen atoms in total. The first-order valence-electron chi connectivity index (χ1n) is 10.00. The molecule has 0 spiro atoms. The van der Waals surface area contributed by atoms with Crippen LogP contribution in [0.1, 0.15) is 12.0 Å². The summed E-state index contributed by atoms with van der Waals surface area (Å²) in [4.78, 5) is 28.7. The summed E-state index contributed by atoms with van der Waals surface area (Å²) in [5, 5.41) is 3.48. The number of anilines is 1. The van der Waals surface area contributed by atoms with Crippen LogP contribution in [0.3, 0.4) is 0 Å². The van der Waals surface area contributed by atoms with Crippen molar-refractivity contribution in [3.05, 3.63) is 59.1 Å². The Morgan fingerprint density at radius 1 is 0.935 bits per heavy atom. The van der Waals surface area contributed by atoms with Crippen LogP contribution in [0, 0.1) is 0 Å². The van der Waals surface area contributed by atoms with E-state index in [2.05, 4.69) is 5.32 Å². The third kappa shape index (κ3) is 6.39. The normalized spacial score (nSPS) is 14.3. The van der Waals surface area contributed by atoms with Crippen LogP contribution in [0.15, 0.2) is 48.5 Å². The third-order valence-corrected chi connectivity index (χ3v) is 5.23. The summed E-state index contributed by atoms with van der Waals surface area (Å²) in [5.41, 5.74) is 1.49. The summed E-state index contributed by atoms with van der Waals surface area (Å²) in [6.45, 7) is 2.11. The summed E-state index contributed by atoms with van der Waals surface area (Å²) in [5.74, 6) is 1.22. The second kappa shape index (κ2) is 10.7. The molecule has 0 bridgehead atoms. The quantitative estimate of drug-likeness (QED) is 0.705. The number of rotatable bonds is 5. The van der Waals surface area contributed by atoms with E-state index >= 15 is 0 Å². The molecular formula is C23H26ClN3O4. The van der Waals surface area contributed by atoms with Gasteiger partial charge < -0.3 is 24.6 Å². The largest absolute Gasteiger partial charge is 0.497 e. The van der Waals surface area contributed by atoms with Crippen molar-refractivity contribution in [2.75, 3.05) is 45.7 Å². The summed E-state index contributed by atoms with van der Waals surface area (Å²) in [7, 11) is 3.17. The molecule has 2 aromatic rings. The summed E-state index contributed by atoms with van der Waals surface area (Å²) >= 11 is 5.88. The van der Waals surface area contributed by atoms with Gasteiger partial charge in [-0.15, -0.1) is 0 Å². The van der Waals surface area contributed by atoms with E-state index in [0.717, 1.165) is 5.56 Å². The van der Waals surface area contributed by atoms with Gasteiger partial charge in [-0.05, 0) is 54.5 Å². The minimum Gasteiger partial charge on any atom is -0.497 e. The molecule has 3 amide bonds. The van der Waals surface area contributed by atoms with Gasteiger partial charge in [0.05, 0.1) is 14.2 Å². The molecule has 164 valence electrons. The Hall–Kier alpha value is -3.19. The number of carbonyl (C=O) groups excluding carboxylic acids is 2. The molecule has 3 rings (SSSR count). The SMILES string of the molecule is COc1cc(/C=C/C(=O)N2CCCN(C(=O)Nc3ccc(Cl)cc3)CC2)cc(OC)c1. The number of ether oxygens (including phenoxy) is 2. The number of halogens is 1. The summed E-state index contributed by atoms with van der Waals surface area (Å²) in [6, 6.07) is 12.2. The van der Waals surface area contributed by atoms with Gasteiger partial charge in [-0.3, -0.25) is 4.79 Å². The Morgan fingerprint density at radius 2 is 1.55 bits per heavy atom. The fourth-order valence-electron chi connectivity index (χ4n) is 3.28. The number of amides is 3. The second-order valence-corrected chi connectivity index (χ2v) is 7.52. The maximum Gasteiger partial charge on any atom is 0.321 e. The molecule has 0 unspecified atom stereocenters. The Labute approximate surface area is 187 Å². The van der Waals surface area contributed by atoms with Gasteiger partial charge in [-0.25, -0.2) is 4.79 Å². The first-order valence-corrected chi connectivity index (χ1v) is 10.4. The van der Waals surface area contributed by atoms with Gasteiger partial charge >= 0.3 is 6.03 Å². The van der Waals surface area contributed by atoms with Crippen LogP contribution >= 0.6 is 11.6 Å². The maximum absolute atomic E-state index is 12.7. The summed E-state index contributed by atoms with van der Waals surface area (Å²) < 4.78 is 10.5. The zero-order chi connectivity index (χ0) is 22.2. The van der Waals surface area contributed by atoms with Gasteiger partial charge in [-0.2, -0.15) is 0 Å². The molecule has 0 aliphatic carbocycles. The zero-order valence-corrected chi connectivity index (χ0v) is 18.4. The van der Waals surface area contributed by atoms with E-state index in [4.69, 9.17) is 21.1 Å². The predicted octanol–water partition coefficient (Wildman–Crippen LogP) is 4.14. The van der Waals surface area contributed by atoms with Gasteiger partial charge in [0.15, 0.2) is 0 Å². The van der Waals surface area contributed by atoms with Crippen LogP contribution in [-0.2, 0) is 4.79 Å². The molecular weight excluding hydrogens is 418 g/mol. The van der Waals surface area contributed by atoms with Crippen molar-refractivity contribution in [2.45, 2.75) is 6.42 Å². The van der Waals surface area contributed by atoms with Crippen LogP contribution in [0.4, 0.5) is 10.5 Å². The van der Waals surface area contributed by atoms with Crippen molar-refractivity contribution in [3.8, 4) is 11.5 Å². The summed E-state index contributed by atoms with van der Waals surface area (Å²) in [6.07, 6.45) is 3.99. The van der Waals surface area contributed by atoms with Gasteiger partial charge in [0.25, 0.3) is 0 Å². The topological polar surface area (TPSA) is 71.1 Å². The lowest BCUT2D eigenvalue weighted by Gasteiger charge is -2.22. The van der Waals surface area contributed by atoms with Gasteiger partial charge in [0, 0.05) is 49.0 Å². The molecule has 1 N–H and O–H groups in total. The highest BCUT2D eigenvalue weighted by molar-refractivity contribution is 6.30. The fourth-order valence-corrected chi connectivity index (χ4v) is 3.40. The number of nitrogens with one attached hydrogen (secondary N) is 1. The number of nitrogens with zero attached hydrogens (tertiary/aromatic N) is 2. The molecule has 0 radical (unpaired) electrons.